The van der Waals surface area contributed by atoms with Crippen molar-refractivity contribution >= 4 is 37.5 Å². The highest BCUT2D eigenvalue weighted by atomic mass is 79.9. The second-order valence-electron chi connectivity index (χ2n) is 8.38. The fourth-order valence-electron chi connectivity index (χ4n) is 4.27. The maximum absolute atomic E-state index is 13.2. The molecule has 0 saturated heterocycles. The third kappa shape index (κ3) is 4.81. The van der Waals surface area contributed by atoms with Crippen LogP contribution >= 0.6 is 15.9 Å². The monoisotopic (exact) mass is 543 g/mol. The molecule has 2 heterocycles. The predicted molar refractivity (Wildman–Crippen MR) is 133 cm³/mol. The Hall–Kier alpha value is -2.91. The molecule has 34 heavy (non-hydrogen) atoms. The minimum atomic E-state index is -4.11. The molecule has 0 bridgehead atoms. The van der Waals surface area contributed by atoms with Crippen LogP contribution in [0.1, 0.15) is 32.1 Å². The van der Waals surface area contributed by atoms with E-state index in [1.165, 1.54) is 31.4 Å². The van der Waals surface area contributed by atoms with Crippen LogP contribution in [-0.4, -0.2) is 23.8 Å². The van der Waals surface area contributed by atoms with Crippen LogP contribution in [-0.2, 0) is 10.1 Å². The van der Waals surface area contributed by atoms with Crippen LogP contribution in [0.2, 0.25) is 0 Å². The molecular weight excluding hydrogens is 521 g/mol. The Morgan fingerprint density at radius 1 is 1.03 bits per heavy atom. The standard InChI is InChI=1S/C25H23BrFN3O3S/c26-18-9-14-23-29-24(25(30(23)16-18)28-20-6-2-1-3-7-20)17-5-4-8-21(15-17)33-34(31,32)22-12-10-19(27)11-13-22/h4-5,8-16,20,28H,1-3,6-7H2. The molecular formula is C25H23BrFN3O3S. The Kier molecular flexibility index (Phi) is 6.31. The summed E-state index contributed by atoms with van der Waals surface area (Å²) in [7, 11) is -4.11. The number of hydrogen-bond acceptors (Lipinski definition) is 5. The van der Waals surface area contributed by atoms with Gasteiger partial charge in [-0.3, -0.25) is 4.40 Å². The van der Waals surface area contributed by atoms with Gasteiger partial charge in [-0.05, 0) is 77.3 Å². The fraction of sp³-hybridized carbons (Fsp3) is 0.240. The molecule has 0 atom stereocenters. The zero-order chi connectivity index (χ0) is 23.7. The quantitative estimate of drug-likeness (QED) is 0.284. The molecule has 0 radical (unpaired) electrons. The van der Waals surface area contributed by atoms with Gasteiger partial charge in [-0.25, -0.2) is 9.37 Å². The zero-order valence-electron chi connectivity index (χ0n) is 18.2. The number of benzene rings is 2. The lowest BCUT2D eigenvalue weighted by molar-refractivity contribution is 0.462. The molecule has 2 aromatic carbocycles. The van der Waals surface area contributed by atoms with E-state index >= 15 is 0 Å². The molecule has 9 heteroatoms. The highest BCUT2D eigenvalue weighted by molar-refractivity contribution is 9.10. The summed E-state index contributed by atoms with van der Waals surface area (Å²) >= 11 is 3.54. The molecule has 1 N–H and O–H groups in total. The van der Waals surface area contributed by atoms with E-state index in [0.29, 0.717) is 11.7 Å². The van der Waals surface area contributed by atoms with Crippen molar-refractivity contribution in [1.82, 2.24) is 9.38 Å². The van der Waals surface area contributed by atoms with Crippen LogP contribution < -0.4 is 9.50 Å². The summed E-state index contributed by atoms with van der Waals surface area (Å²) < 4.78 is 46.9. The molecule has 1 aliphatic carbocycles. The zero-order valence-corrected chi connectivity index (χ0v) is 20.6. The van der Waals surface area contributed by atoms with Crippen molar-refractivity contribution in [2.45, 2.75) is 43.0 Å². The molecule has 1 saturated carbocycles. The van der Waals surface area contributed by atoms with Gasteiger partial charge in [0.05, 0.1) is 0 Å². The maximum Gasteiger partial charge on any atom is 0.339 e. The number of halogens is 2. The Morgan fingerprint density at radius 2 is 1.79 bits per heavy atom. The second-order valence-corrected chi connectivity index (χ2v) is 10.8. The average Bonchev–Trinajstić information content (AvgIpc) is 3.17. The molecule has 0 unspecified atom stereocenters. The number of pyridine rings is 1. The van der Waals surface area contributed by atoms with Gasteiger partial charge in [-0.15, -0.1) is 0 Å². The SMILES string of the molecule is O=S(=O)(Oc1cccc(-c2nc3ccc(Br)cn3c2NC2CCCCC2)c1)c1ccc(F)cc1. The minimum Gasteiger partial charge on any atom is -0.379 e. The Morgan fingerprint density at radius 3 is 2.56 bits per heavy atom. The van der Waals surface area contributed by atoms with Crippen LogP contribution in [0.15, 0.2) is 76.2 Å². The van der Waals surface area contributed by atoms with Crippen molar-refractivity contribution < 1.29 is 17.0 Å². The Bertz CT molecular complexity index is 1430. The third-order valence-electron chi connectivity index (χ3n) is 5.94. The van der Waals surface area contributed by atoms with E-state index in [1.807, 2.05) is 28.8 Å². The number of imidazole rings is 1. The molecule has 4 aromatic rings. The first-order chi connectivity index (χ1) is 16.4. The highest BCUT2D eigenvalue weighted by Gasteiger charge is 2.21. The molecule has 2 aromatic heterocycles. The number of fused-ring (bicyclic) bond motifs is 1. The number of anilines is 1. The average molecular weight is 544 g/mol. The van der Waals surface area contributed by atoms with Gasteiger partial charge >= 0.3 is 10.1 Å². The molecule has 1 fully saturated rings. The lowest BCUT2D eigenvalue weighted by Gasteiger charge is -2.24. The van der Waals surface area contributed by atoms with Crippen molar-refractivity contribution in [1.29, 1.82) is 0 Å². The maximum atomic E-state index is 13.2. The predicted octanol–water partition coefficient (Wildman–Crippen LogP) is 6.42. The highest BCUT2D eigenvalue weighted by Crippen LogP contribution is 2.34. The third-order valence-corrected chi connectivity index (χ3v) is 7.67. The van der Waals surface area contributed by atoms with Crippen LogP contribution in [0.3, 0.4) is 0 Å². The van der Waals surface area contributed by atoms with Crippen LogP contribution in [0, 0.1) is 5.82 Å². The summed E-state index contributed by atoms with van der Waals surface area (Å²) in [5, 5.41) is 3.68. The van der Waals surface area contributed by atoms with Gasteiger partial charge in [0.2, 0.25) is 0 Å². The number of rotatable bonds is 6. The normalized spacial score (nSPS) is 14.9. The number of aromatic nitrogens is 2. The smallest absolute Gasteiger partial charge is 0.339 e. The van der Waals surface area contributed by atoms with Gasteiger partial charge in [0, 0.05) is 22.3 Å². The van der Waals surface area contributed by atoms with Gasteiger partial charge in [0.1, 0.15) is 33.6 Å². The molecule has 6 nitrogen and oxygen atoms in total. The number of nitrogens with zero attached hydrogens (tertiary/aromatic N) is 2. The first-order valence-electron chi connectivity index (χ1n) is 11.1. The lowest BCUT2D eigenvalue weighted by atomic mass is 9.95. The first kappa shape index (κ1) is 22.9. The van der Waals surface area contributed by atoms with Crippen LogP contribution in [0.25, 0.3) is 16.9 Å². The van der Waals surface area contributed by atoms with E-state index < -0.39 is 15.9 Å². The number of hydrogen-bond donors (Lipinski definition) is 1. The topological polar surface area (TPSA) is 72.7 Å². The Labute approximate surface area is 206 Å². The molecule has 5 rings (SSSR count). The van der Waals surface area contributed by atoms with Crippen molar-refractivity contribution in [2.24, 2.45) is 0 Å². The summed E-state index contributed by atoms with van der Waals surface area (Å²) in [5.41, 5.74) is 2.22. The molecule has 1 aliphatic rings. The van der Waals surface area contributed by atoms with Crippen molar-refractivity contribution in [2.75, 3.05) is 5.32 Å². The summed E-state index contributed by atoms with van der Waals surface area (Å²) in [6.07, 6.45) is 7.80. The summed E-state index contributed by atoms with van der Waals surface area (Å²) in [4.78, 5) is 4.71. The molecule has 0 aliphatic heterocycles. The van der Waals surface area contributed by atoms with Gasteiger partial charge in [-0.2, -0.15) is 8.42 Å². The van der Waals surface area contributed by atoms with E-state index in [4.69, 9.17) is 9.17 Å². The number of nitrogens with one attached hydrogen (secondary N) is 1. The fourth-order valence-corrected chi connectivity index (χ4v) is 5.53. The van der Waals surface area contributed by atoms with Crippen molar-refractivity contribution in [3.63, 3.8) is 0 Å². The van der Waals surface area contributed by atoms with Crippen LogP contribution in [0.4, 0.5) is 10.2 Å². The summed E-state index contributed by atoms with van der Waals surface area (Å²) in [6, 6.07) is 15.6. The van der Waals surface area contributed by atoms with Crippen molar-refractivity contribution in [3.05, 3.63) is 77.2 Å². The summed E-state index contributed by atoms with van der Waals surface area (Å²) in [6.45, 7) is 0. The van der Waals surface area contributed by atoms with Gasteiger partial charge in [-0.1, -0.05) is 31.4 Å². The Balaban J connectivity index is 1.52. The van der Waals surface area contributed by atoms with Crippen molar-refractivity contribution in [3.8, 4) is 17.0 Å². The van der Waals surface area contributed by atoms with E-state index in [1.54, 1.807) is 18.2 Å². The molecule has 0 amide bonds. The van der Waals surface area contributed by atoms with Gasteiger partial charge in [0.25, 0.3) is 0 Å². The van der Waals surface area contributed by atoms with E-state index in [9.17, 15) is 12.8 Å². The molecule has 176 valence electrons. The van der Waals surface area contributed by atoms with Crippen LogP contribution in [0.5, 0.6) is 5.75 Å². The van der Waals surface area contributed by atoms with E-state index in [-0.39, 0.29) is 10.6 Å². The lowest BCUT2D eigenvalue weighted by Crippen LogP contribution is -2.23. The summed E-state index contributed by atoms with van der Waals surface area (Å²) in [5.74, 6) is 0.503. The van der Waals surface area contributed by atoms with Gasteiger partial charge < -0.3 is 9.50 Å². The van der Waals surface area contributed by atoms with Gasteiger partial charge in [0.15, 0.2) is 0 Å². The van der Waals surface area contributed by atoms with E-state index in [2.05, 4.69) is 21.2 Å². The van der Waals surface area contributed by atoms with E-state index in [0.717, 1.165) is 46.5 Å². The minimum absolute atomic E-state index is 0.114. The second kappa shape index (κ2) is 9.38. The largest absolute Gasteiger partial charge is 0.379 e. The molecule has 0 spiro atoms. The first-order valence-corrected chi connectivity index (χ1v) is 13.3.